The average Bonchev–Trinajstić information content (AvgIpc) is 2.45. The van der Waals surface area contributed by atoms with E-state index in [0.717, 1.165) is 11.3 Å². The zero-order valence-electron chi connectivity index (χ0n) is 11.5. The predicted molar refractivity (Wildman–Crippen MR) is 80.5 cm³/mol. The third kappa shape index (κ3) is 3.32. The first kappa shape index (κ1) is 14.0. The Bertz CT molecular complexity index is 630. The second-order valence-corrected chi connectivity index (χ2v) is 4.66. The summed E-state index contributed by atoms with van der Waals surface area (Å²) in [5.74, 6) is -0.829. The molecular weight excluding hydrogens is 253 g/mol. The van der Waals surface area contributed by atoms with Crippen molar-refractivity contribution in [1.82, 2.24) is 0 Å². The maximum atomic E-state index is 13.4. The highest BCUT2D eigenvalue weighted by Crippen LogP contribution is 2.14. The Morgan fingerprint density at radius 3 is 2.30 bits per heavy atom. The summed E-state index contributed by atoms with van der Waals surface area (Å²) in [5.41, 5.74) is 2.08. The number of carbonyl (C=O) groups excluding carboxylic acids is 1. The Balaban J connectivity index is 2.13. The fourth-order valence-corrected chi connectivity index (χ4v) is 1.81. The number of ketones is 1. The van der Waals surface area contributed by atoms with E-state index in [-0.39, 0.29) is 11.3 Å². The normalized spacial score (nSPS) is 10.8. The van der Waals surface area contributed by atoms with Crippen LogP contribution in [0.25, 0.3) is 6.08 Å². The van der Waals surface area contributed by atoms with Gasteiger partial charge in [0.25, 0.3) is 0 Å². The van der Waals surface area contributed by atoms with Crippen LogP contribution in [-0.2, 0) is 0 Å². The van der Waals surface area contributed by atoms with Gasteiger partial charge in [-0.15, -0.1) is 0 Å². The van der Waals surface area contributed by atoms with Gasteiger partial charge >= 0.3 is 0 Å². The SMILES string of the molecule is CN(C)c1ccc(/C=C/C(=O)c2ccccc2F)cc1. The van der Waals surface area contributed by atoms with Crippen LogP contribution < -0.4 is 4.90 Å². The van der Waals surface area contributed by atoms with Crippen LogP contribution in [-0.4, -0.2) is 19.9 Å². The van der Waals surface area contributed by atoms with Gasteiger partial charge in [0.2, 0.25) is 0 Å². The minimum absolute atomic E-state index is 0.0914. The summed E-state index contributed by atoms with van der Waals surface area (Å²) in [6, 6.07) is 13.7. The van der Waals surface area contributed by atoms with Crippen LogP contribution in [0.5, 0.6) is 0 Å². The molecule has 2 aromatic rings. The quantitative estimate of drug-likeness (QED) is 0.621. The van der Waals surface area contributed by atoms with E-state index in [4.69, 9.17) is 0 Å². The van der Waals surface area contributed by atoms with Crippen molar-refractivity contribution in [2.24, 2.45) is 0 Å². The summed E-state index contributed by atoms with van der Waals surface area (Å²) in [5, 5.41) is 0. The smallest absolute Gasteiger partial charge is 0.188 e. The standard InChI is InChI=1S/C17H16FNO/c1-19(2)14-10-7-13(8-11-14)9-12-17(20)15-5-3-4-6-16(15)18/h3-12H,1-2H3/b12-9+. The fourth-order valence-electron chi connectivity index (χ4n) is 1.81. The van der Waals surface area contributed by atoms with Crippen molar-refractivity contribution < 1.29 is 9.18 Å². The predicted octanol–water partition coefficient (Wildman–Crippen LogP) is 3.79. The number of rotatable bonds is 4. The van der Waals surface area contributed by atoms with Crippen molar-refractivity contribution in [3.63, 3.8) is 0 Å². The molecule has 0 unspecified atom stereocenters. The van der Waals surface area contributed by atoms with Crippen LogP contribution >= 0.6 is 0 Å². The van der Waals surface area contributed by atoms with E-state index >= 15 is 0 Å². The second kappa shape index (κ2) is 6.15. The highest BCUT2D eigenvalue weighted by molar-refractivity contribution is 6.06. The molecule has 0 heterocycles. The largest absolute Gasteiger partial charge is 0.378 e. The topological polar surface area (TPSA) is 20.3 Å². The molecule has 0 aliphatic rings. The molecule has 2 nitrogen and oxygen atoms in total. The maximum Gasteiger partial charge on any atom is 0.188 e. The Morgan fingerprint density at radius 1 is 1.05 bits per heavy atom. The molecule has 0 saturated carbocycles. The molecule has 20 heavy (non-hydrogen) atoms. The van der Waals surface area contributed by atoms with Crippen molar-refractivity contribution in [2.75, 3.05) is 19.0 Å². The number of halogens is 1. The van der Waals surface area contributed by atoms with E-state index in [2.05, 4.69) is 0 Å². The molecule has 0 fully saturated rings. The van der Waals surface area contributed by atoms with E-state index in [1.165, 1.54) is 18.2 Å². The molecule has 0 radical (unpaired) electrons. The molecule has 0 spiro atoms. The van der Waals surface area contributed by atoms with Gasteiger partial charge in [0.05, 0.1) is 5.56 Å². The molecule has 2 rings (SSSR count). The third-order valence-corrected chi connectivity index (χ3v) is 2.98. The zero-order valence-corrected chi connectivity index (χ0v) is 11.5. The Hall–Kier alpha value is -2.42. The van der Waals surface area contributed by atoms with Gasteiger partial charge in [-0.25, -0.2) is 4.39 Å². The van der Waals surface area contributed by atoms with E-state index < -0.39 is 5.82 Å². The first-order chi connectivity index (χ1) is 9.58. The molecule has 0 N–H and O–H groups in total. The Kier molecular flexibility index (Phi) is 4.31. The van der Waals surface area contributed by atoms with E-state index in [0.29, 0.717) is 0 Å². The van der Waals surface area contributed by atoms with Crippen molar-refractivity contribution in [2.45, 2.75) is 0 Å². The number of anilines is 1. The van der Waals surface area contributed by atoms with E-state index in [9.17, 15) is 9.18 Å². The molecule has 0 bridgehead atoms. The van der Waals surface area contributed by atoms with Crippen molar-refractivity contribution in [1.29, 1.82) is 0 Å². The first-order valence-electron chi connectivity index (χ1n) is 6.32. The second-order valence-electron chi connectivity index (χ2n) is 4.66. The summed E-state index contributed by atoms with van der Waals surface area (Å²) in [4.78, 5) is 13.9. The summed E-state index contributed by atoms with van der Waals surface area (Å²) in [7, 11) is 3.93. The van der Waals surface area contributed by atoms with Gasteiger partial charge in [0, 0.05) is 19.8 Å². The van der Waals surface area contributed by atoms with Crippen molar-refractivity contribution in [3.8, 4) is 0 Å². The Labute approximate surface area is 118 Å². The number of benzene rings is 2. The maximum absolute atomic E-state index is 13.4. The summed E-state index contributed by atoms with van der Waals surface area (Å²) < 4.78 is 13.4. The first-order valence-corrected chi connectivity index (χ1v) is 6.32. The van der Waals surface area contributed by atoms with Crippen LogP contribution in [0.3, 0.4) is 0 Å². The van der Waals surface area contributed by atoms with Crippen molar-refractivity contribution in [3.05, 3.63) is 71.6 Å². The lowest BCUT2D eigenvalue weighted by molar-refractivity contribution is 0.104. The number of hydrogen-bond donors (Lipinski definition) is 0. The monoisotopic (exact) mass is 269 g/mol. The lowest BCUT2D eigenvalue weighted by Crippen LogP contribution is -2.07. The van der Waals surface area contributed by atoms with Crippen molar-refractivity contribution >= 4 is 17.5 Å². The minimum Gasteiger partial charge on any atom is -0.378 e. The summed E-state index contributed by atoms with van der Waals surface area (Å²) >= 11 is 0. The van der Waals surface area contributed by atoms with Gasteiger partial charge in [0.15, 0.2) is 5.78 Å². The van der Waals surface area contributed by atoms with E-state index in [1.54, 1.807) is 18.2 Å². The summed E-state index contributed by atoms with van der Waals surface area (Å²) in [6.07, 6.45) is 3.08. The Morgan fingerprint density at radius 2 is 1.70 bits per heavy atom. The number of carbonyl (C=O) groups is 1. The molecule has 2 aromatic carbocycles. The van der Waals surface area contributed by atoms with Gasteiger partial charge in [-0.1, -0.05) is 30.3 Å². The molecule has 0 saturated heterocycles. The van der Waals surface area contributed by atoms with Crippen LogP contribution in [0.4, 0.5) is 10.1 Å². The zero-order chi connectivity index (χ0) is 14.5. The molecule has 102 valence electrons. The van der Waals surface area contributed by atoms with Gasteiger partial charge in [-0.3, -0.25) is 4.79 Å². The van der Waals surface area contributed by atoms with E-state index in [1.807, 2.05) is 43.3 Å². The average molecular weight is 269 g/mol. The molecule has 0 aliphatic heterocycles. The highest BCUT2D eigenvalue weighted by Gasteiger charge is 2.06. The molecular formula is C17H16FNO. The van der Waals surface area contributed by atoms with Crippen LogP contribution in [0.15, 0.2) is 54.6 Å². The fraction of sp³-hybridized carbons (Fsp3) is 0.118. The number of nitrogens with zero attached hydrogens (tertiary/aromatic N) is 1. The van der Waals surface area contributed by atoms with Gasteiger partial charge in [0.1, 0.15) is 5.82 Å². The van der Waals surface area contributed by atoms with Gasteiger partial charge < -0.3 is 4.90 Å². The van der Waals surface area contributed by atoms with Crippen LogP contribution in [0.1, 0.15) is 15.9 Å². The number of allylic oxidation sites excluding steroid dienone is 1. The molecule has 0 aromatic heterocycles. The van der Waals surface area contributed by atoms with Crippen LogP contribution in [0, 0.1) is 5.82 Å². The van der Waals surface area contributed by atoms with Gasteiger partial charge in [-0.2, -0.15) is 0 Å². The number of hydrogen-bond acceptors (Lipinski definition) is 2. The molecule has 0 amide bonds. The van der Waals surface area contributed by atoms with Gasteiger partial charge in [-0.05, 0) is 35.9 Å². The molecule has 0 aliphatic carbocycles. The molecule has 0 atom stereocenters. The molecule has 3 heteroatoms. The minimum atomic E-state index is -0.495. The highest BCUT2D eigenvalue weighted by atomic mass is 19.1. The van der Waals surface area contributed by atoms with Crippen LogP contribution in [0.2, 0.25) is 0 Å². The third-order valence-electron chi connectivity index (χ3n) is 2.98. The lowest BCUT2D eigenvalue weighted by Gasteiger charge is -2.11. The summed E-state index contributed by atoms with van der Waals surface area (Å²) in [6.45, 7) is 0. The lowest BCUT2D eigenvalue weighted by atomic mass is 10.1.